The van der Waals surface area contributed by atoms with Crippen LogP contribution < -0.4 is 10.6 Å². The second-order valence-electron chi connectivity index (χ2n) is 5.59. The third kappa shape index (κ3) is 5.84. The van der Waals surface area contributed by atoms with Gasteiger partial charge in [0, 0.05) is 13.0 Å². The average Bonchev–Trinajstić information content (AvgIpc) is 3.08. The summed E-state index contributed by atoms with van der Waals surface area (Å²) in [6, 6.07) is 6.93. The zero-order valence-electron chi connectivity index (χ0n) is 14.6. The highest BCUT2D eigenvalue weighted by molar-refractivity contribution is 7.14. The minimum absolute atomic E-state index is 0.109. The Morgan fingerprint density at radius 3 is 2.52 bits per heavy atom. The van der Waals surface area contributed by atoms with Crippen LogP contribution in [0.1, 0.15) is 18.9 Å². The first kappa shape index (κ1) is 20.5. The molecule has 0 atom stereocenters. The number of para-hydroxylation sites is 1. The number of anilines is 2. The molecule has 0 aliphatic heterocycles. The van der Waals surface area contributed by atoms with Crippen LogP contribution in [0, 0.1) is 23.0 Å². The topological polar surface area (TPSA) is 85.2 Å². The van der Waals surface area contributed by atoms with E-state index in [4.69, 9.17) is 5.26 Å². The van der Waals surface area contributed by atoms with Gasteiger partial charge in [-0.1, -0.05) is 13.0 Å². The van der Waals surface area contributed by atoms with Crippen LogP contribution in [0.4, 0.5) is 19.5 Å². The van der Waals surface area contributed by atoms with Crippen LogP contribution in [0.3, 0.4) is 0 Å². The molecule has 0 aliphatic carbocycles. The van der Waals surface area contributed by atoms with Gasteiger partial charge in [-0.25, -0.2) is 8.78 Å². The van der Waals surface area contributed by atoms with Crippen molar-refractivity contribution >= 4 is 33.8 Å². The van der Waals surface area contributed by atoms with Gasteiger partial charge in [0.15, 0.2) is 0 Å². The summed E-state index contributed by atoms with van der Waals surface area (Å²) in [4.78, 5) is 25.7. The first-order chi connectivity index (χ1) is 12.9. The Labute approximate surface area is 159 Å². The SMILES string of the molecule is CCN(CCC(=O)Nc1sccc1C#N)CC(=O)Nc1c(F)cccc1F. The number of nitrogens with zero attached hydrogens (tertiary/aromatic N) is 2. The molecule has 1 heterocycles. The highest BCUT2D eigenvalue weighted by Crippen LogP contribution is 2.22. The highest BCUT2D eigenvalue weighted by atomic mass is 32.1. The van der Waals surface area contributed by atoms with E-state index in [0.29, 0.717) is 17.1 Å². The summed E-state index contributed by atoms with van der Waals surface area (Å²) < 4.78 is 27.2. The molecule has 0 unspecified atom stereocenters. The van der Waals surface area contributed by atoms with E-state index in [-0.39, 0.29) is 25.4 Å². The molecule has 2 N–H and O–H groups in total. The maximum Gasteiger partial charge on any atom is 0.238 e. The minimum atomic E-state index is -0.852. The van der Waals surface area contributed by atoms with Gasteiger partial charge in [0.2, 0.25) is 11.8 Å². The lowest BCUT2D eigenvalue weighted by Gasteiger charge is -2.19. The Balaban J connectivity index is 1.85. The number of halogens is 2. The number of hydrogen-bond acceptors (Lipinski definition) is 5. The summed E-state index contributed by atoms with van der Waals surface area (Å²) >= 11 is 1.25. The van der Waals surface area contributed by atoms with Crippen molar-refractivity contribution in [2.75, 3.05) is 30.3 Å². The molecule has 9 heteroatoms. The van der Waals surface area contributed by atoms with Gasteiger partial charge in [-0.15, -0.1) is 11.3 Å². The normalized spacial score (nSPS) is 10.5. The third-order valence-electron chi connectivity index (χ3n) is 3.74. The van der Waals surface area contributed by atoms with Gasteiger partial charge >= 0.3 is 0 Å². The van der Waals surface area contributed by atoms with Crippen molar-refractivity contribution in [3.8, 4) is 6.07 Å². The summed E-state index contributed by atoms with van der Waals surface area (Å²) in [6.45, 7) is 2.45. The molecule has 2 amide bonds. The number of hydrogen-bond donors (Lipinski definition) is 2. The van der Waals surface area contributed by atoms with E-state index in [9.17, 15) is 18.4 Å². The number of benzene rings is 1. The van der Waals surface area contributed by atoms with Crippen LogP contribution in [0.5, 0.6) is 0 Å². The number of nitriles is 1. The van der Waals surface area contributed by atoms with Crippen LogP contribution in [-0.2, 0) is 9.59 Å². The number of carbonyl (C=O) groups excluding carboxylic acids is 2. The van der Waals surface area contributed by atoms with Gasteiger partial charge in [-0.2, -0.15) is 5.26 Å². The summed E-state index contributed by atoms with van der Waals surface area (Å²) in [5.41, 5.74) is -0.0926. The predicted octanol–water partition coefficient (Wildman–Crippen LogP) is 3.19. The fourth-order valence-electron chi connectivity index (χ4n) is 2.29. The van der Waals surface area contributed by atoms with E-state index in [1.807, 2.05) is 13.0 Å². The zero-order valence-corrected chi connectivity index (χ0v) is 15.4. The molecule has 27 heavy (non-hydrogen) atoms. The van der Waals surface area contributed by atoms with Gasteiger partial charge in [0.25, 0.3) is 0 Å². The number of likely N-dealkylation sites (N-methyl/N-ethyl adjacent to an activating group) is 1. The van der Waals surface area contributed by atoms with Gasteiger partial charge in [-0.3, -0.25) is 14.5 Å². The molecule has 2 aromatic rings. The minimum Gasteiger partial charge on any atom is -0.320 e. The Bertz CT molecular complexity index is 843. The van der Waals surface area contributed by atoms with Crippen LogP contribution >= 0.6 is 11.3 Å². The standard InChI is InChI=1S/C18H18F2N4O2S/c1-2-24(8-6-15(25)23-18-12(10-21)7-9-27-18)11-16(26)22-17-13(19)4-3-5-14(17)20/h3-5,7,9H,2,6,8,11H2,1H3,(H,22,26)(H,23,25). The molecule has 0 fully saturated rings. The molecule has 2 rings (SSSR count). The van der Waals surface area contributed by atoms with E-state index in [1.54, 1.807) is 16.3 Å². The second-order valence-corrected chi connectivity index (χ2v) is 6.50. The number of nitrogens with one attached hydrogen (secondary N) is 2. The van der Waals surface area contributed by atoms with Crippen molar-refractivity contribution in [1.29, 1.82) is 5.26 Å². The smallest absolute Gasteiger partial charge is 0.238 e. The van der Waals surface area contributed by atoms with Crippen molar-refractivity contribution in [2.45, 2.75) is 13.3 Å². The van der Waals surface area contributed by atoms with Gasteiger partial charge < -0.3 is 10.6 Å². The van der Waals surface area contributed by atoms with Crippen molar-refractivity contribution in [3.63, 3.8) is 0 Å². The number of rotatable bonds is 8. The molecule has 142 valence electrons. The van der Waals surface area contributed by atoms with E-state index >= 15 is 0 Å². The van der Waals surface area contributed by atoms with Crippen molar-refractivity contribution in [3.05, 3.63) is 46.8 Å². The average molecular weight is 392 g/mol. The Morgan fingerprint density at radius 2 is 1.89 bits per heavy atom. The number of amides is 2. The number of thiophene rings is 1. The van der Waals surface area contributed by atoms with Crippen LogP contribution in [-0.4, -0.2) is 36.3 Å². The van der Waals surface area contributed by atoms with E-state index in [0.717, 1.165) is 12.1 Å². The first-order valence-corrected chi connectivity index (χ1v) is 9.06. The summed E-state index contributed by atoms with van der Waals surface area (Å²) in [6.07, 6.45) is 0.109. The third-order valence-corrected chi connectivity index (χ3v) is 4.57. The highest BCUT2D eigenvalue weighted by Gasteiger charge is 2.16. The Kier molecular flexibility index (Phi) is 7.40. The fraction of sp³-hybridized carbons (Fsp3) is 0.278. The predicted molar refractivity (Wildman–Crippen MR) is 99.4 cm³/mol. The maximum atomic E-state index is 13.6. The molecular weight excluding hydrogens is 374 g/mol. The second kappa shape index (κ2) is 9.75. The molecule has 0 aliphatic rings. The molecule has 6 nitrogen and oxygen atoms in total. The molecular formula is C18H18F2N4O2S. The molecule has 1 aromatic heterocycles. The monoisotopic (exact) mass is 392 g/mol. The molecule has 1 aromatic carbocycles. The van der Waals surface area contributed by atoms with Crippen molar-refractivity contribution < 1.29 is 18.4 Å². The largest absolute Gasteiger partial charge is 0.320 e. The van der Waals surface area contributed by atoms with Crippen LogP contribution in [0.15, 0.2) is 29.6 Å². The molecule has 0 saturated carbocycles. The van der Waals surface area contributed by atoms with Gasteiger partial charge in [-0.05, 0) is 30.1 Å². The fourth-order valence-corrected chi connectivity index (χ4v) is 3.04. The summed E-state index contributed by atoms with van der Waals surface area (Å²) in [7, 11) is 0. The first-order valence-electron chi connectivity index (χ1n) is 8.18. The van der Waals surface area contributed by atoms with Crippen LogP contribution in [0.2, 0.25) is 0 Å². The lowest BCUT2D eigenvalue weighted by molar-refractivity contribution is -0.119. The molecule has 0 radical (unpaired) electrons. The van der Waals surface area contributed by atoms with E-state index in [1.165, 1.54) is 17.4 Å². The summed E-state index contributed by atoms with van der Waals surface area (Å²) in [5.74, 6) is -2.57. The van der Waals surface area contributed by atoms with Crippen molar-refractivity contribution in [2.24, 2.45) is 0 Å². The Hall–Kier alpha value is -2.83. The lowest BCUT2D eigenvalue weighted by atomic mass is 10.3. The Morgan fingerprint density at radius 1 is 1.19 bits per heavy atom. The molecule has 0 saturated heterocycles. The van der Waals surface area contributed by atoms with Crippen molar-refractivity contribution in [1.82, 2.24) is 4.90 Å². The molecule has 0 bridgehead atoms. The zero-order chi connectivity index (χ0) is 19.8. The molecule has 0 spiro atoms. The summed E-state index contributed by atoms with van der Waals surface area (Å²) in [5, 5.41) is 16.0. The number of carbonyl (C=O) groups is 2. The van der Waals surface area contributed by atoms with E-state index < -0.39 is 23.2 Å². The van der Waals surface area contributed by atoms with E-state index in [2.05, 4.69) is 10.6 Å². The van der Waals surface area contributed by atoms with Gasteiger partial charge in [0.05, 0.1) is 12.1 Å². The quantitative estimate of drug-likeness (QED) is 0.723. The maximum absolute atomic E-state index is 13.6. The van der Waals surface area contributed by atoms with Crippen LogP contribution in [0.25, 0.3) is 0 Å². The van der Waals surface area contributed by atoms with Gasteiger partial charge in [0.1, 0.15) is 28.4 Å². The lowest BCUT2D eigenvalue weighted by Crippen LogP contribution is -2.35.